The first-order valence-corrected chi connectivity index (χ1v) is 8.54. The molecule has 4 heteroatoms. The summed E-state index contributed by atoms with van der Waals surface area (Å²) in [5.41, 5.74) is 1.93. The van der Waals surface area contributed by atoms with Crippen LogP contribution in [-0.2, 0) is 10.2 Å². The van der Waals surface area contributed by atoms with Crippen molar-refractivity contribution in [2.24, 2.45) is 0 Å². The minimum absolute atomic E-state index is 0.0299. The van der Waals surface area contributed by atoms with Crippen molar-refractivity contribution in [1.29, 1.82) is 0 Å². The third kappa shape index (κ3) is 6.14. The standard InChI is InChI=1S/C21H27NO3/c1-15(2)25-18-11-9-17(10-12-18)22-20(23)14-24-19-8-6-7-16(13-19)21(3,4)5/h6-13,15H,14H2,1-5H3,(H,22,23). The van der Waals surface area contributed by atoms with Gasteiger partial charge in [-0.2, -0.15) is 0 Å². The van der Waals surface area contributed by atoms with Gasteiger partial charge in [0.25, 0.3) is 5.91 Å². The number of nitrogens with one attached hydrogen (secondary N) is 1. The van der Waals surface area contributed by atoms with Crippen LogP contribution in [0.15, 0.2) is 48.5 Å². The van der Waals surface area contributed by atoms with Gasteiger partial charge in [0.2, 0.25) is 0 Å². The molecule has 0 spiro atoms. The highest BCUT2D eigenvalue weighted by Crippen LogP contribution is 2.25. The highest BCUT2D eigenvalue weighted by atomic mass is 16.5. The van der Waals surface area contributed by atoms with Gasteiger partial charge in [-0.3, -0.25) is 4.79 Å². The molecule has 0 fully saturated rings. The lowest BCUT2D eigenvalue weighted by Gasteiger charge is -2.19. The van der Waals surface area contributed by atoms with Crippen LogP contribution in [0.1, 0.15) is 40.2 Å². The molecular formula is C21H27NO3. The Labute approximate surface area is 150 Å². The van der Waals surface area contributed by atoms with Crippen LogP contribution < -0.4 is 14.8 Å². The maximum atomic E-state index is 12.1. The summed E-state index contributed by atoms with van der Waals surface area (Å²) in [5.74, 6) is 1.28. The molecule has 0 aliphatic rings. The average molecular weight is 341 g/mol. The number of ether oxygens (including phenoxy) is 2. The molecule has 25 heavy (non-hydrogen) atoms. The van der Waals surface area contributed by atoms with E-state index in [1.807, 2.05) is 56.3 Å². The number of hydrogen-bond acceptors (Lipinski definition) is 3. The molecule has 0 atom stereocenters. The lowest BCUT2D eigenvalue weighted by atomic mass is 9.87. The van der Waals surface area contributed by atoms with Gasteiger partial charge in [0, 0.05) is 5.69 Å². The Hall–Kier alpha value is -2.49. The van der Waals surface area contributed by atoms with Crippen LogP contribution >= 0.6 is 0 Å². The number of carbonyl (C=O) groups excluding carboxylic acids is 1. The molecular weight excluding hydrogens is 314 g/mol. The Kier molecular flexibility index (Phi) is 6.07. The van der Waals surface area contributed by atoms with Crippen LogP contribution in [0.4, 0.5) is 5.69 Å². The van der Waals surface area contributed by atoms with Gasteiger partial charge in [0.1, 0.15) is 11.5 Å². The lowest BCUT2D eigenvalue weighted by Crippen LogP contribution is -2.20. The molecule has 1 N–H and O–H groups in total. The van der Waals surface area contributed by atoms with Gasteiger partial charge >= 0.3 is 0 Å². The Morgan fingerprint density at radius 3 is 2.32 bits per heavy atom. The summed E-state index contributed by atoms with van der Waals surface area (Å²) in [4.78, 5) is 12.1. The molecule has 0 bridgehead atoms. The maximum absolute atomic E-state index is 12.1. The van der Waals surface area contributed by atoms with Crippen molar-refractivity contribution in [1.82, 2.24) is 0 Å². The van der Waals surface area contributed by atoms with Crippen molar-refractivity contribution < 1.29 is 14.3 Å². The fourth-order valence-corrected chi connectivity index (χ4v) is 2.29. The summed E-state index contributed by atoms with van der Waals surface area (Å²) in [7, 11) is 0. The predicted molar refractivity (Wildman–Crippen MR) is 101 cm³/mol. The number of hydrogen-bond donors (Lipinski definition) is 1. The van der Waals surface area contributed by atoms with Gasteiger partial charge in [-0.25, -0.2) is 0 Å². The van der Waals surface area contributed by atoms with Crippen molar-refractivity contribution >= 4 is 11.6 Å². The second kappa shape index (κ2) is 8.06. The van der Waals surface area contributed by atoms with E-state index in [0.29, 0.717) is 11.4 Å². The predicted octanol–water partition coefficient (Wildman–Crippen LogP) is 4.79. The Morgan fingerprint density at radius 2 is 1.72 bits per heavy atom. The molecule has 0 aliphatic carbocycles. The van der Waals surface area contributed by atoms with Crippen LogP contribution in [0.5, 0.6) is 11.5 Å². The van der Waals surface area contributed by atoms with Crippen molar-refractivity contribution in [3.8, 4) is 11.5 Å². The first-order valence-electron chi connectivity index (χ1n) is 8.54. The number of anilines is 1. The molecule has 0 saturated heterocycles. The fraction of sp³-hybridized carbons (Fsp3) is 0.381. The zero-order valence-electron chi connectivity index (χ0n) is 15.6. The topological polar surface area (TPSA) is 47.6 Å². The van der Waals surface area contributed by atoms with Gasteiger partial charge in [0.05, 0.1) is 6.10 Å². The second-order valence-electron chi connectivity index (χ2n) is 7.31. The van der Waals surface area contributed by atoms with Crippen LogP contribution in [0.2, 0.25) is 0 Å². The maximum Gasteiger partial charge on any atom is 0.262 e. The van der Waals surface area contributed by atoms with Crippen molar-refractivity contribution in [2.45, 2.75) is 46.1 Å². The smallest absolute Gasteiger partial charge is 0.262 e. The first kappa shape index (κ1) is 18.8. The molecule has 0 saturated carbocycles. The fourth-order valence-electron chi connectivity index (χ4n) is 2.29. The first-order chi connectivity index (χ1) is 11.7. The minimum Gasteiger partial charge on any atom is -0.491 e. The lowest BCUT2D eigenvalue weighted by molar-refractivity contribution is -0.118. The quantitative estimate of drug-likeness (QED) is 0.822. The average Bonchev–Trinajstić information content (AvgIpc) is 2.54. The summed E-state index contributed by atoms with van der Waals surface area (Å²) in [6.07, 6.45) is 0.123. The number of benzene rings is 2. The minimum atomic E-state index is -0.196. The van der Waals surface area contributed by atoms with Crippen molar-refractivity contribution in [3.05, 3.63) is 54.1 Å². The van der Waals surface area contributed by atoms with Crippen LogP contribution in [0.3, 0.4) is 0 Å². The Balaban J connectivity index is 1.88. The molecule has 134 valence electrons. The Bertz CT molecular complexity index is 700. The van der Waals surface area contributed by atoms with E-state index in [2.05, 4.69) is 32.2 Å². The molecule has 0 heterocycles. The summed E-state index contributed by atoms with van der Waals surface area (Å²) < 4.78 is 11.2. The SMILES string of the molecule is CC(C)Oc1ccc(NC(=O)COc2cccc(C(C)(C)C)c2)cc1. The number of amides is 1. The zero-order chi connectivity index (χ0) is 18.4. The largest absolute Gasteiger partial charge is 0.491 e. The van der Waals surface area contributed by atoms with Gasteiger partial charge in [-0.15, -0.1) is 0 Å². The van der Waals surface area contributed by atoms with Gasteiger partial charge in [-0.05, 0) is 61.2 Å². The number of rotatable bonds is 6. The van der Waals surface area contributed by atoms with E-state index < -0.39 is 0 Å². The van der Waals surface area contributed by atoms with E-state index in [4.69, 9.17) is 9.47 Å². The van der Waals surface area contributed by atoms with Crippen molar-refractivity contribution in [2.75, 3.05) is 11.9 Å². The molecule has 4 nitrogen and oxygen atoms in total. The molecule has 1 amide bonds. The van der Waals surface area contributed by atoms with E-state index in [-0.39, 0.29) is 24.0 Å². The molecule has 0 aromatic heterocycles. The van der Waals surface area contributed by atoms with E-state index in [1.165, 1.54) is 5.56 Å². The van der Waals surface area contributed by atoms with Crippen LogP contribution in [-0.4, -0.2) is 18.6 Å². The molecule has 2 aromatic rings. The number of carbonyl (C=O) groups is 1. The molecule has 2 aromatic carbocycles. The highest BCUT2D eigenvalue weighted by Gasteiger charge is 2.14. The summed E-state index contributed by atoms with van der Waals surface area (Å²) in [6, 6.07) is 15.2. The third-order valence-electron chi connectivity index (χ3n) is 3.58. The van der Waals surface area contributed by atoms with E-state index in [1.54, 1.807) is 0 Å². The van der Waals surface area contributed by atoms with Gasteiger partial charge < -0.3 is 14.8 Å². The molecule has 0 radical (unpaired) electrons. The van der Waals surface area contributed by atoms with Gasteiger partial charge in [-0.1, -0.05) is 32.9 Å². The summed E-state index contributed by atoms with van der Waals surface area (Å²) in [6.45, 7) is 10.4. The normalized spacial score (nSPS) is 11.3. The highest BCUT2D eigenvalue weighted by molar-refractivity contribution is 5.91. The monoisotopic (exact) mass is 341 g/mol. The van der Waals surface area contributed by atoms with E-state index in [9.17, 15) is 4.79 Å². The van der Waals surface area contributed by atoms with Crippen LogP contribution in [0.25, 0.3) is 0 Å². The van der Waals surface area contributed by atoms with Gasteiger partial charge in [0.15, 0.2) is 6.61 Å². The second-order valence-corrected chi connectivity index (χ2v) is 7.31. The van der Waals surface area contributed by atoms with E-state index in [0.717, 1.165) is 5.75 Å². The Morgan fingerprint density at radius 1 is 1.04 bits per heavy atom. The molecule has 2 rings (SSSR count). The van der Waals surface area contributed by atoms with Crippen molar-refractivity contribution in [3.63, 3.8) is 0 Å². The van der Waals surface area contributed by atoms with E-state index >= 15 is 0 Å². The third-order valence-corrected chi connectivity index (χ3v) is 3.58. The molecule has 0 unspecified atom stereocenters. The summed E-state index contributed by atoms with van der Waals surface area (Å²) in [5, 5.41) is 2.82. The summed E-state index contributed by atoms with van der Waals surface area (Å²) >= 11 is 0. The molecule has 0 aliphatic heterocycles. The van der Waals surface area contributed by atoms with Crippen LogP contribution in [0, 0.1) is 0 Å². The zero-order valence-corrected chi connectivity index (χ0v) is 15.6.